The van der Waals surface area contributed by atoms with Crippen LogP contribution in [0.2, 0.25) is 0 Å². The van der Waals surface area contributed by atoms with Gasteiger partial charge in [0.25, 0.3) is 5.56 Å². The van der Waals surface area contributed by atoms with E-state index in [-0.39, 0.29) is 11.2 Å². The fourth-order valence-corrected chi connectivity index (χ4v) is 3.14. The van der Waals surface area contributed by atoms with Crippen LogP contribution in [0, 0.1) is 0 Å². The predicted molar refractivity (Wildman–Crippen MR) is 97.2 cm³/mol. The molecule has 11 heteroatoms. The number of H-pyrrole nitrogens is 1. The van der Waals surface area contributed by atoms with E-state index in [1.54, 1.807) is 0 Å². The summed E-state index contributed by atoms with van der Waals surface area (Å²) in [5.41, 5.74) is 5.36. The fraction of sp³-hybridized carbons (Fsp3) is 0.688. The molecular formula is C16H26N6O5. The van der Waals surface area contributed by atoms with Crippen molar-refractivity contribution >= 4 is 17.1 Å². The van der Waals surface area contributed by atoms with Crippen LogP contribution >= 0.6 is 0 Å². The number of imidazole rings is 1. The van der Waals surface area contributed by atoms with Crippen molar-refractivity contribution in [2.75, 3.05) is 25.0 Å². The van der Waals surface area contributed by atoms with Crippen LogP contribution < -0.4 is 16.6 Å². The van der Waals surface area contributed by atoms with Gasteiger partial charge in [0.05, 0.1) is 12.9 Å². The molecule has 2 aromatic rings. The Kier molecular flexibility index (Phi) is 6.39. The standard InChI is InChI=1S/C16H26N6O5/c17-5-3-1-2-4-6-18-16-20-13-10(14(26)21-16)19-8-22(13)15-12(25)11(24)9(7-23)27-15/h8-9,11-12,15,23-25H,1-7,17H2,(H2,18,20,21,26)/t9-,11+,12?,15-/m1/s1. The van der Waals surface area contributed by atoms with Gasteiger partial charge in [-0.2, -0.15) is 4.98 Å². The summed E-state index contributed by atoms with van der Waals surface area (Å²) in [7, 11) is 0. The molecule has 0 amide bonds. The Morgan fingerprint density at radius 1 is 1.26 bits per heavy atom. The average Bonchev–Trinajstić information content (AvgIpc) is 3.20. The molecule has 0 saturated carbocycles. The van der Waals surface area contributed by atoms with Gasteiger partial charge in [0, 0.05) is 6.54 Å². The van der Waals surface area contributed by atoms with E-state index in [4.69, 9.17) is 10.5 Å². The van der Waals surface area contributed by atoms with E-state index < -0.39 is 36.7 Å². The second-order valence-electron chi connectivity index (χ2n) is 6.60. The largest absolute Gasteiger partial charge is 0.394 e. The molecule has 0 aromatic carbocycles. The van der Waals surface area contributed by atoms with Gasteiger partial charge in [-0.1, -0.05) is 12.8 Å². The van der Waals surface area contributed by atoms with Crippen molar-refractivity contribution in [3.05, 3.63) is 16.7 Å². The number of fused-ring (bicyclic) bond motifs is 1. The van der Waals surface area contributed by atoms with Crippen molar-refractivity contribution in [1.82, 2.24) is 19.5 Å². The van der Waals surface area contributed by atoms with Gasteiger partial charge in [0.15, 0.2) is 17.4 Å². The second kappa shape index (κ2) is 8.76. The first kappa shape index (κ1) is 19.7. The van der Waals surface area contributed by atoms with Gasteiger partial charge in [-0.25, -0.2) is 4.98 Å². The Morgan fingerprint density at radius 2 is 2.04 bits per heavy atom. The minimum absolute atomic E-state index is 0.0984. The molecule has 27 heavy (non-hydrogen) atoms. The lowest BCUT2D eigenvalue weighted by Crippen LogP contribution is -2.33. The number of aromatic amines is 1. The zero-order valence-corrected chi connectivity index (χ0v) is 14.9. The Hall–Kier alpha value is -2.05. The van der Waals surface area contributed by atoms with Crippen LogP contribution in [0.15, 0.2) is 11.1 Å². The Morgan fingerprint density at radius 3 is 2.74 bits per heavy atom. The van der Waals surface area contributed by atoms with Crippen LogP contribution in [0.25, 0.3) is 11.2 Å². The van der Waals surface area contributed by atoms with Gasteiger partial charge >= 0.3 is 0 Å². The Labute approximate surface area is 155 Å². The molecule has 150 valence electrons. The molecular weight excluding hydrogens is 356 g/mol. The summed E-state index contributed by atoms with van der Waals surface area (Å²) >= 11 is 0. The van der Waals surface area contributed by atoms with Crippen LogP contribution in [-0.4, -0.2) is 72.8 Å². The quantitative estimate of drug-likeness (QED) is 0.287. The molecule has 1 fully saturated rings. The third-order valence-corrected chi connectivity index (χ3v) is 4.65. The number of ether oxygens (including phenoxy) is 1. The molecule has 1 unspecified atom stereocenters. The minimum atomic E-state index is -1.28. The summed E-state index contributed by atoms with van der Waals surface area (Å²) < 4.78 is 6.88. The molecule has 0 spiro atoms. The van der Waals surface area contributed by atoms with Crippen LogP contribution in [0.5, 0.6) is 0 Å². The molecule has 1 aliphatic rings. The number of nitrogens with one attached hydrogen (secondary N) is 2. The smallest absolute Gasteiger partial charge is 0.280 e. The Balaban J connectivity index is 1.76. The molecule has 3 heterocycles. The number of anilines is 1. The van der Waals surface area contributed by atoms with E-state index in [1.165, 1.54) is 10.9 Å². The third-order valence-electron chi connectivity index (χ3n) is 4.65. The van der Waals surface area contributed by atoms with E-state index in [1.807, 2.05) is 0 Å². The second-order valence-corrected chi connectivity index (χ2v) is 6.60. The molecule has 0 bridgehead atoms. The maximum Gasteiger partial charge on any atom is 0.280 e. The molecule has 0 aliphatic carbocycles. The topological polar surface area (TPSA) is 172 Å². The third kappa shape index (κ3) is 4.12. The average molecular weight is 382 g/mol. The maximum absolute atomic E-state index is 12.3. The van der Waals surface area contributed by atoms with Crippen molar-refractivity contribution in [2.24, 2.45) is 5.73 Å². The van der Waals surface area contributed by atoms with Crippen molar-refractivity contribution in [1.29, 1.82) is 0 Å². The number of hydrogen-bond donors (Lipinski definition) is 6. The summed E-state index contributed by atoms with van der Waals surface area (Å²) in [4.78, 5) is 23.3. The van der Waals surface area contributed by atoms with Crippen LogP contribution in [0.1, 0.15) is 31.9 Å². The minimum Gasteiger partial charge on any atom is -0.394 e. The zero-order chi connectivity index (χ0) is 19.4. The van der Waals surface area contributed by atoms with E-state index in [0.29, 0.717) is 19.0 Å². The van der Waals surface area contributed by atoms with Gasteiger partial charge in [-0.3, -0.25) is 14.3 Å². The first-order chi connectivity index (χ1) is 13.1. The van der Waals surface area contributed by atoms with E-state index in [0.717, 1.165) is 25.7 Å². The lowest BCUT2D eigenvalue weighted by atomic mass is 10.1. The molecule has 2 aromatic heterocycles. The fourth-order valence-electron chi connectivity index (χ4n) is 3.14. The van der Waals surface area contributed by atoms with Crippen LogP contribution in [0.4, 0.5) is 5.95 Å². The van der Waals surface area contributed by atoms with Gasteiger partial charge in [-0.05, 0) is 19.4 Å². The highest BCUT2D eigenvalue weighted by Gasteiger charge is 2.44. The molecule has 4 atom stereocenters. The normalized spacial score (nSPS) is 25.3. The van der Waals surface area contributed by atoms with Gasteiger partial charge in [-0.15, -0.1) is 0 Å². The van der Waals surface area contributed by atoms with Crippen LogP contribution in [-0.2, 0) is 4.74 Å². The van der Waals surface area contributed by atoms with Gasteiger partial charge < -0.3 is 31.1 Å². The summed E-state index contributed by atoms with van der Waals surface area (Å²) in [6.45, 7) is 0.886. The van der Waals surface area contributed by atoms with Crippen molar-refractivity contribution in [3.63, 3.8) is 0 Å². The molecule has 1 aliphatic heterocycles. The monoisotopic (exact) mass is 382 g/mol. The predicted octanol–water partition coefficient (Wildman–Crippen LogP) is -1.34. The number of aliphatic hydroxyl groups is 3. The van der Waals surface area contributed by atoms with Gasteiger partial charge in [0.2, 0.25) is 5.95 Å². The number of nitrogens with two attached hydrogens (primary N) is 1. The number of rotatable bonds is 9. The highest BCUT2D eigenvalue weighted by molar-refractivity contribution is 5.70. The molecule has 0 radical (unpaired) electrons. The van der Waals surface area contributed by atoms with Gasteiger partial charge in [0.1, 0.15) is 18.3 Å². The number of unbranched alkanes of at least 4 members (excludes halogenated alkanes) is 3. The van der Waals surface area contributed by atoms with Crippen molar-refractivity contribution in [2.45, 2.75) is 50.2 Å². The van der Waals surface area contributed by atoms with Crippen LogP contribution in [0.3, 0.4) is 0 Å². The number of nitrogens with zero attached hydrogens (tertiary/aromatic N) is 3. The summed E-state index contributed by atoms with van der Waals surface area (Å²) in [6.07, 6.45) is 0.863. The first-order valence-electron chi connectivity index (χ1n) is 9.10. The van der Waals surface area contributed by atoms with E-state index in [9.17, 15) is 20.1 Å². The molecule has 11 nitrogen and oxygen atoms in total. The summed E-state index contributed by atoms with van der Waals surface area (Å²) in [5, 5.41) is 32.4. The molecule has 7 N–H and O–H groups in total. The SMILES string of the molecule is NCCCCCCNc1nc2c(ncn2[C@@H]2O[C@H](CO)[C@H](O)C2O)c(=O)[nH]1. The van der Waals surface area contributed by atoms with Crippen molar-refractivity contribution < 1.29 is 20.1 Å². The summed E-state index contributed by atoms with van der Waals surface area (Å²) in [5.74, 6) is 0.291. The lowest BCUT2D eigenvalue weighted by molar-refractivity contribution is -0.0511. The van der Waals surface area contributed by atoms with E-state index >= 15 is 0 Å². The first-order valence-corrected chi connectivity index (χ1v) is 9.10. The molecule has 3 rings (SSSR count). The lowest BCUT2D eigenvalue weighted by Gasteiger charge is -2.16. The zero-order valence-electron chi connectivity index (χ0n) is 14.9. The molecule has 1 saturated heterocycles. The number of hydrogen-bond acceptors (Lipinski definition) is 9. The number of aliphatic hydroxyl groups excluding tert-OH is 3. The number of aromatic nitrogens is 4. The summed E-state index contributed by atoms with van der Waals surface area (Å²) in [6, 6.07) is 0. The van der Waals surface area contributed by atoms with Crippen molar-refractivity contribution in [3.8, 4) is 0 Å². The highest BCUT2D eigenvalue weighted by atomic mass is 16.6. The van der Waals surface area contributed by atoms with E-state index in [2.05, 4.69) is 20.3 Å². The Bertz CT molecular complexity index is 808. The maximum atomic E-state index is 12.3. The highest BCUT2D eigenvalue weighted by Crippen LogP contribution is 2.30.